The van der Waals surface area contributed by atoms with E-state index in [1.165, 1.54) is 18.2 Å². The molecular formula is C24H24F5N5S. The van der Waals surface area contributed by atoms with Crippen LogP contribution >= 0.6 is 0 Å². The van der Waals surface area contributed by atoms with E-state index in [2.05, 4.69) is 22.7 Å². The number of alkyl halides is 2. The molecular weight excluding hydrogens is 485 g/mol. The molecule has 35 heavy (non-hydrogen) atoms. The Labute approximate surface area is 200 Å². The van der Waals surface area contributed by atoms with Gasteiger partial charge in [-0.2, -0.15) is 10.2 Å². The van der Waals surface area contributed by atoms with E-state index in [1.807, 2.05) is 4.90 Å². The smallest absolute Gasteiger partial charge is 0.278 e. The lowest BCUT2D eigenvalue weighted by Gasteiger charge is -2.39. The van der Waals surface area contributed by atoms with Gasteiger partial charge in [0.05, 0.1) is 12.3 Å². The van der Waals surface area contributed by atoms with Gasteiger partial charge in [0.1, 0.15) is 17.3 Å². The third kappa shape index (κ3) is 5.55. The number of nitrogens with zero attached hydrogens (tertiary/aromatic N) is 4. The van der Waals surface area contributed by atoms with Gasteiger partial charge in [-0.1, -0.05) is 24.6 Å². The molecule has 0 amide bonds. The van der Waals surface area contributed by atoms with Crippen molar-refractivity contribution in [3.8, 4) is 0 Å². The number of rotatable bonds is 7. The molecule has 11 heteroatoms. The van der Waals surface area contributed by atoms with Gasteiger partial charge in [0.2, 0.25) is 0 Å². The highest BCUT2D eigenvalue weighted by Gasteiger charge is 2.25. The number of anilines is 1. The second kappa shape index (κ2) is 9.80. The highest BCUT2D eigenvalue weighted by molar-refractivity contribution is 8.01. The van der Waals surface area contributed by atoms with E-state index in [0.29, 0.717) is 36.0 Å². The van der Waals surface area contributed by atoms with Gasteiger partial charge < -0.3 is 9.80 Å². The van der Waals surface area contributed by atoms with Crippen LogP contribution < -0.4 is 4.90 Å². The highest BCUT2D eigenvalue weighted by atomic mass is 32.2. The SMILES string of the molecule is C=C(N1CCS(=C)(=N)CC1)N(Cc1ccc(C2=NN=C(C(F)F)C2)cc1F)c1ccc(F)c(F)c1. The Morgan fingerprint density at radius 2 is 1.74 bits per heavy atom. The summed E-state index contributed by atoms with van der Waals surface area (Å²) in [7, 11) is -1.68. The van der Waals surface area contributed by atoms with E-state index >= 15 is 4.39 Å². The molecule has 0 atom stereocenters. The molecule has 186 valence electrons. The normalized spacial score (nSPS) is 17.4. The predicted octanol–water partition coefficient (Wildman–Crippen LogP) is 5.06. The fraction of sp³-hybridized carbons (Fsp3) is 0.292. The predicted molar refractivity (Wildman–Crippen MR) is 131 cm³/mol. The van der Waals surface area contributed by atoms with Gasteiger partial charge in [0, 0.05) is 53.9 Å². The molecule has 0 unspecified atom stereocenters. The summed E-state index contributed by atoms with van der Waals surface area (Å²) in [5.74, 6) is 2.92. The van der Waals surface area contributed by atoms with Gasteiger partial charge in [-0.3, -0.25) is 4.78 Å². The first-order chi connectivity index (χ1) is 16.5. The van der Waals surface area contributed by atoms with Gasteiger partial charge >= 0.3 is 0 Å². The molecule has 0 saturated carbocycles. The van der Waals surface area contributed by atoms with E-state index in [4.69, 9.17) is 4.78 Å². The van der Waals surface area contributed by atoms with Crippen LogP contribution in [0.15, 0.2) is 59.0 Å². The number of hydrogen-bond acceptors (Lipinski definition) is 5. The molecule has 1 fully saturated rings. The lowest BCUT2D eigenvalue weighted by atomic mass is 10.0. The summed E-state index contributed by atoms with van der Waals surface area (Å²) in [6.07, 6.45) is -2.88. The van der Waals surface area contributed by atoms with Crippen LogP contribution in [0.2, 0.25) is 0 Å². The van der Waals surface area contributed by atoms with Gasteiger partial charge in [0.15, 0.2) is 11.6 Å². The Bertz CT molecular complexity index is 1310. The van der Waals surface area contributed by atoms with Crippen LogP contribution in [0.25, 0.3) is 0 Å². The molecule has 0 radical (unpaired) electrons. The third-order valence-corrected chi connectivity index (χ3v) is 7.94. The monoisotopic (exact) mass is 509 g/mol. The van der Waals surface area contributed by atoms with Crippen LogP contribution in [-0.2, 0) is 16.0 Å². The number of halogens is 5. The van der Waals surface area contributed by atoms with E-state index in [-0.39, 0.29) is 35.6 Å². The molecule has 2 aromatic carbocycles. The molecule has 0 bridgehead atoms. The van der Waals surface area contributed by atoms with Crippen molar-refractivity contribution in [2.75, 3.05) is 29.5 Å². The number of hydrogen-bond donors (Lipinski definition) is 1. The van der Waals surface area contributed by atoms with Crippen molar-refractivity contribution in [1.82, 2.24) is 4.90 Å². The first kappa shape index (κ1) is 24.9. The molecule has 0 aliphatic carbocycles. The van der Waals surface area contributed by atoms with Gasteiger partial charge in [-0.15, -0.1) is 9.41 Å². The standard InChI is InChI=1S/C24H24F5N5S/c1-15(33-7-9-35(2,30)10-8-33)34(18-5-6-19(25)21(27)12-18)14-17-4-3-16(11-20(17)26)22-13-23(24(28)29)32-31-22/h3-6,11-12,24,30H,1-2,7-10,13-14H2. The minimum atomic E-state index is -2.73. The Kier molecular flexibility index (Phi) is 6.98. The molecule has 0 aromatic heterocycles. The molecule has 2 aliphatic heterocycles. The average molecular weight is 510 g/mol. The van der Waals surface area contributed by atoms with Gasteiger partial charge in [0.25, 0.3) is 6.43 Å². The summed E-state index contributed by atoms with van der Waals surface area (Å²) in [4.78, 5) is 3.51. The second-order valence-electron chi connectivity index (χ2n) is 8.46. The Hall–Kier alpha value is -3.21. The third-order valence-electron chi connectivity index (χ3n) is 6.01. The van der Waals surface area contributed by atoms with Crippen LogP contribution in [0.1, 0.15) is 17.5 Å². The van der Waals surface area contributed by atoms with Crippen LogP contribution in [0.3, 0.4) is 0 Å². The second-order valence-corrected chi connectivity index (χ2v) is 11.4. The Balaban J connectivity index is 1.59. The maximum atomic E-state index is 15.1. The van der Waals surface area contributed by atoms with Crippen molar-refractivity contribution < 1.29 is 22.0 Å². The van der Waals surface area contributed by atoms with Crippen molar-refractivity contribution in [2.45, 2.75) is 19.4 Å². The van der Waals surface area contributed by atoms with Crippen molar-refractivity contribution >= 4 is 32.4 Å². The maximum Gasteiger partial charge on any atom is 0.278 e. The van der Waals surface area contributed by atoms with E-state index in [0.717, 1.165) is 12.1 Å². The van der Waals surface area contributed by atoms with Crippen LogP contribution in [-0.4, -0.2) is 53.2 Å². The highest BCUT2D eigenvalue weighted by Crippen LogP contribution is 2.28. The van der Waals surface area contributed by atoms with E-state index < -0.39 is 33.3 Å². The summed E-state index contributed by atoms with van der Waals surface area (Å²) in [5, 5.41) is 7.20. The van der Waals surface area contributed by atoms with Crippen LogP contribution in [0.5, 0.6) is 0 Å². The lowest BCUT2D eigenvalue weighted by molar-refractivity contribution is 0.224. The molecule has 2 heterocycles. The number of benzene rings is 2. The van der Waals surface area contributed by atoms with Gasteiger partial charge in [-0.25, -0.2) is 22.0 Å². The molecule has 1 saturated heterocycles. The summed E-state index contributed by atoms with van der Waals surface area (Å²) in [5.41, 5.74) is 0.744. The largest absolute Gasteiger partial charge is 0.357 e. The zero-order chi connectivity index (χ0) is 25.3. The minimum absolute atomic E-state index is 0.0406. The maximum absolute atomic E-state index is 15.1. The quantitative estimate of drug-likeness (QED) is 0.419. The summed E-state index contributed by atoms with van der Waals surface area (Å²) in [6, 6.07) is 7.67. The Morgan fingerprint density at radius 3 is 2.34 bits per heavy atom. The fourth-order valence-corrected chi connectivity index (χ4v) is 5.21. The summed E-state index contributed by atoms with van der Waals surface area (Å²) < 4.78 is 76.7. The summed E-state index contributed by atoms with van der Waals surface area (Å²) >= 11 is 0. The zero-order valence-corrected chi connectivity index (χ0v) is 19.6. The van der Waals surface area contributed by atoms with Crippen molar-refractivity contribution in [3.63, 3.8) is 0 Å². The van der Waals surface area contributed by atoms with Gasteiger partial charge in [-0.05, 0) is 18.2 Å². The van der Waals surface area contributed by atoms with Crippen LogP contribution in [0, 0.1) is 22.2 Å². The molecule has 4 rings (SSSR count). The topological polar surface area (TPSA) is 55.1 Å². The lowest BCUT2D eigenvalue weighted by Crippen LogP contribution is -2.43. The van der Waals surface area contributed by atoms with Crippen molar-refractivity contribution in [3.05, 3.63) is 77.4 Å². The first-order valence-corrected chi connectivity index (χ1v) is 12.9. The van der Waals surface area contributed by atoms with Crippen LogP contribution in [0.4, 0.5) is 27.6 Å². The minimum Gasteiger partial charge on any atom is -0.357 e. The zero-order valence-electron chi connectivity index (χ0n) is 18.8. The van der Waals surface area contributed by atoms with Crippen molar-refractivity contribution in [1.29, 1.82) is 4.78 Å². The van der Waals surface area contributed by atoms with E-state index in [9.17, 15) is 17.6 Å². The van der Waals surface area contributed by atoms with Crippen molar-refractivity contribution in [2.24, 2.45) is 10.2 Å². The summed E-state index contributed by atoms with van der Waals surface area (Å²) in [6.45, 7) is 5.13. The molecule has 2 aromatic rings. The fourth-order valence-electron chi connectivity index (χ4n) is 3.87. The Morgan fingerprint density at radius 1 is 1.03 bits per heavy atom. The molecule has 5 nitrogen and oxygen atoms in total. The first-order valence-electron chi connectivity index (χ1n) is 10.8. The molecule has 1 N–H and O–H groups in total. The molecule has 0 spiro atoms. The average Bonchev–Trinajstić information content (AvgIpc) is 3.31. The van der Waals surface area contributed by atoms with E-state index in [1.54, 1.807) is 11.0 Å². The number of nitrogens with one attached hydrogen (secondary N) is 1. The molecule has 2 aliphatic rings.